The van der Waals surface area contributed by atoms with Crippen LogP contribution in [-0.4, -0.2) is 79.5 Å². The molecule has 2 rings (SSSR count). The van der Waals surface area contributed by atoms with Crippen molar-refractivity contribution < 1.29 is 14.6 Å². The van der Waals surface area contributed by atoms with E-state index in [-0.39, 0.29) is 6.61 Å². The highest BCUT2D eigenvalue weighted by Gasteiger charge is 2.16. The van der Waals surface area contributed by atoms with Gasteiger partial charge in [0.15, 0.2) is 11.5 Å². The van der Waals surface area contributed by atoms with E-state index in [1.54, 1.807) is 7.11 Å². The van der Waals surface area contributed by atoms with Crippen LogP contribution in [0, 0.1) is 5.92 Å². The van der Waals surface area contributed by atoms with Crippen LogP contribution in [0.4, 0.5) is 0 Å². The Kier molecular flexibility index (Phi) is 9.05. The summed E-state index contributed by atoms with van der Waals surface area (Å²) < 4.78 is 11.3. The minimum atomic E-state index is -0.486. The summed E-state index contributed by atoms with van der Waals surface area (Å²) in [7, 11) is 3.79. The molecule has 0 aromatic heterocycles. The summed E-state index contributed by atoms with van der Waals surface area (Å²) in [5.41, 5.74) is 1.20. The zero-order valence-corrected chi connectivity index (χ0v) is 17.4. The van der Waals surface area contributed by atoms with E-state index in [9.17, 15) is 5.11 Å². The van der Waals surface area contributed by atoms with Gasteiger partial charge in [0.25, 0.3) is 0 Å². The second-order valence-corrected chi connectivity index (χ2v) is 8.68. The molecule has 1 heterocycles. The van der Waals surface area contributed by atoms with E-state index in [0.29, 0.717) is 18.2 Å². The van der Waals surface area contributed by atoms with E-state index >= 15 is 0 Å². The van der Waals surface area contributed by atoms with Gasteiger partial charge in [0.1, 0.15) is 12.7 Å². The summed E-state index contributed by atoms with van der Waals surface area (Å²) in [6.45, 7) is 9.43. The number of rotatable bonds is 10. The van der Waals surface area contributed by atoms with E-state index in [1.165, 1.54) is 5.56 Å². The van der Waals surface area contributed by atoms with Crippen molar-refractivity contribution in [3.05, 3.63) is 23.8 Å². The molecule has 0 saturated carbocycles. The van der Waals surface area contributed by atoms with Gasteiger partial charge in [-0.1, -0.05) is 19.9 Å². The first-order valence-corrected chi connectivity index (χ1v) is 10.6. The summed E-state index contributed by atoms with van der Waals surface area (Å²) in [6.07, 6.45) is -0.486. The number of methoxy groups -OCH3 is 1. The number of aliphatic hydroxyl groups excluding tert-OH is 1. The number of thioether (sulfide) groups is 1. The van der Waals surface area contributed by atoms with E-state index in [1.807, 2.05) is 23.9 Å². The largest absolute Gasteiger partial charge is 0.493 e. The molecule has 6 heteroatoms. The van der Waals surface area contributed by atoms with Crippen LogP contribution in [0.15, 0.2) is 18.2 Å². The summed E-state index contributed by atoms with van der Waals surface area (Å²) in [4.78, 5) is 4.61. The Balaban J connectivity index is 1.86. The lowest BCUT2D eigenvalue weighted by Crippen LogP contribution is -2.40. The van der Waals surface area contributed by atoms with Crippen LogP contribution >= 0.6 is 11.8 Å². The van der Waals surface area contributed by atoms with Gasteiger partial charge in [0, 0.05) is 44.2 Å². The standard InChI is InChI=1S/C20H34N2O3S/c1-16(2)12-21(3)13-17-5-6-19(20(11-17)24-4)25-15-18(23)14-22-7-9-26-10-8-22/h5-6,11,16,18,23H,7-10,12-15H2,1-4H3. The molecule has 1 fully saturated rings. The summed E-state index contributed by atoms with van der Waals surface area (Å²) in [6, 6.07) is 6.05. The number of benzene rings is 1. The van der Waals surface area contributed by atoms with Gasteiger partial charge in [-0.15, -0.1) is 0 Å². The molecular weight excluding hydrogens is 348 g/mol. The van der Waals surface area contributed by atoms with Gasteiger partial charge in [0.05, 0.1) is 7.11 Å². The zero-order valence-electron chi connectivity index (χ0n) is 16.6. The second-order valence-electron chi connectivity index (χ2n) is 7.45. The predicted molar refractivity (Wildman–Crippen MR) is 109 cm³/mol. The third-order valence-corrected chi connectivity index (χ3v) is 5.30. The number of ether oxygens (including phenoxy) is 2. The maximum absolute atomic E-state index is 10.3. The van der Waals surface area contributed by atoms with Crippen LogP contribution in [0.1, 0.15) is 19.4 Å². The maximum Gasteiger partial charge on any atom is 0.161 e. The van der Waals surface area contributed by atoms with Crippen molar-refractivity contribution in [1.82, 2.24) is 9.80 Å². The Morgan fingerprint density at radius 3 is 2.62 bits per heavy atom. The summed E-state index contributed by atoms with van der Waals surface area (Å²) >= 11 is 1.97. The molecular formula is C20H34N2O3S. The van der Waals surface area contributed by atoms with E-state index in [0.717, 1.165) is 43.4 Å². The molecule has 1 aromatic rings. The first-order valence-electron chi connectivity index (χ1n) is 9.44. The molecule has 1 aromatic carbocycles. The number of β-amino-alcohol motifs (C(OH)–C–C–N with tert-alkyl or cyclic N) is 1. The Bertz CT molecular complexity index is 536. The number of aliphatic hydroxyl groups is 1. The lowest BCUT2D eigenvalue weighted by Gasteiger charge is -2.28. The Morgan fingerprint density at radius 2 is 1.96 bits per heavy atom. The molecule has 1 aliphatic rings. The monoisotopic (exact) mass is 382 g/mol. The minimum absolute atomic E-state index is 0.284. The van der Waals surface area contributed by atoms with Crippen molar-refractivity contribution in [2.45, 2.75) is 26.5 Å². The van der Waals surface area contributed by atoms with Gasteiger partial charge in [0.2, 0.25) is 0 Å². The molecule has 1 atom stereocenters. The fourth-order valence-corrected chi connectivity index (χ4v) is 4.23. The highest BCUT2D eigenvalue weighted by molar-refractivity contribution is 7.99. The van der Waals surface area contributed by atoms with Crippen molar-refractivity contribution in [2.24, 2.45) is 5.92 Å². The first-order chi connectivity index (χ1) is 12.5. The Morgan fingerprint density at radius 1 is 1.23 bits per heavy atom. The molecule has 26 heavy (non-hydrogen) atoms. The molecule has 1 unspecified atom stereocenters. The normalized spacial score (nSPS) is 16.9. The van der Waals surface area contributed by atoms with Crippen LogP contribution in [0.2, 0.25) is 0 Å². The van der Waals surface area contributed by atoms with Gasteiger partial charge in [-0.2, -0.15) is 11.8 Å². The molecule has 0 radical (unpaired) electrons. The zero-order chi connectivity index (χ0) is 18.9. The van der Waals surface area contributed by atoms with E-state index in [4.69, 9.17) is 9.47 Å². The third-order valence-electron chi connectivity index (χ3n) is 4.36. The molecule has 0 spiro atoms. The van der Waals surface area contributed by atoms with Gasteiger partial charge in [-0.3, -0.25) is 4.90 Å². The molecule has 5 nitrogen and oxygen atoms in total. The quantitative estimate of drug-likeness (QED) is 0.671. The molecule has 148 valence electrons. The highest BCUT2D eigenvalue weighted by atomic mass is 32.2. The number of hydrogen-bond acceptors (Lipinski definition) is 6. The van der Waals surface area contributed by atoms with Gasteiger partial charge < -0.3 is 19.5 Å². The maximum atomic E-state index is 10.3. The van der Waals surface area contributed by atoms with Gasteiger partial charge >= 0.3 is 0 Å². The number of nitrogens with zero attached hydrogens (tertiary/aromatic N) is 2. The average Bonchev–Trinajstić information content (AvgIpc) is 2.60. The van der Waals surface area contributed by atoms with Crippen molar-refractivity contribution in [3.8, 4) is 11.5 Å². The van der Waals surface area contributed by atoms with Crippen LogP contribution < -0.4 is 9.47 Å². The highest BCUT2D eigenvalue weighted by Crippen LogP contribution is 2.28. The lowest BCUT2D eigenvalue weighted by molar-refractivity contribution is 0.0704. The van der Waals surface area contributed by atoms with Crippen molar-refractivity contribution in [3.63, 3.8) is 0 Å². The van der Waals surface area contributed by atoms with E-state index < -0.39 is 6.10 Å². The lowest BCUT2D eigenvalue weighted by atomic mass is 10.1. The third kappa shape index (κ3) is 7.35. The molecule has 1 saturated heterocycles. The fourth-order valence-electron chi connectivity index (χ4n) is 3.25. The van der Waals surface area contributed by atoms with Crippen LogP contribution in [0.25, 0.3) is 0 Å². The topological polar surface area (TPSA) is 45.2 Å². The molecule has 1 aliphatic heterocycles. The molecule has 1 N–H and O–H groups in total. The Hall–Kier alpha value is -0.950. The summed E-state index contributed by atoms with van der Waals surface area (Å²) in [5, 5.41) is 10.3. The van der Waals surface area contributed by atoms with Crippen LogP contribution in [0.3, 0.4) is 0 Å². The van der Waals surface area contributed by atoms with Crippen LogP contribution in [-0.2, 0) is 6.54 Å². The average molecular weight is 383 g/mol. The molecule has 0 aliphatic carbocycles. The van der Waals surface area contributed by atoms with Crippen molar-refractivity contribution >= 4 is 11.8 Å². The van der Waals surface area contributed by atoms with Crippen molar-refractivity contribution in [2.75, 3.05) is 58.4 Å². The van der Waals surface area contributed by atoms with Gasteiger partial charge in [-0.25, -0.2) is 0 Å². The molecule has 0 bridgehead atoms. The number of hydrogen-bond donors (Lipinski definition) is 1. The minimum Gasteiger partial charge on any atom is -0.493 e. The Labute approximate surface area is 162 Å². The SMILES string of the molecule is COc1cc(CN(C)CC(C)C)ccc1OCC(O)CN1CCSCC1. The van der Waals surface area contributed by atoms with Crippen LogP contribution in [0.5, 0.6) is 11.5 Å². The predicted octanol–water partition coefficient (Wildman–Crippen LogP) is 2.57. The fraction of sp³-hybridized carbons (Fsp3) is 0.700. The van der Waals surface area contributed by atoms with Gasteiger partial charge in [-0.05, 0) is 30.7 Å². The molecule has 0 amide bonds. The summed E-state index contributed by atoms with van der Waals surface area (Å²) in [5.74, 6) is 4.35. The smallest absolute Gasteiger partial charge is 0.161 e. The first kappa shape index (κ1) is 21.4. The van der Waals surface area contributed by atoms with E-state index in [2.05, 4.69) is 36.8 Å². The second kappa shape index (κ2) is 11.0. The van der Waals surface area contributed by atoms with Crippen molar-refractivity contribution in [1.29, 1.82) is 0 Å².